The van der Waals surface area contributed by atoms with Gasteiger partial charge in [0.05, 0.1) is 0 Å². The molecule has 0 aliphatic heterocycles. The predicted molar refractivity (Wildman–Crippen MR) is 78.9 cm³/mol. The molecule has 0 heterocycles. The van der Waals surface area contributed by atoms with Crippen LogP contribution in [0.4, 0.5) is 4.39 Å². The lowest BCUT2D eigenvalue weighted by Crippen LogP contribution is -2.22. The first-order valence-corrected chi connectivity index (χ1v) is 6.85. The van der Waals surface area contributed by atoms with Gasteiger partial charge in [0.2, 0.25) is 0 Å². The molecular formula is C17H20FNO. The second-order valence-corrected chi connectivity index (χ2v) is 4.94. The van der Waals surface area contributed by atoms with Crippen molar-refractivity contribution >= 4 is 0 Å². The molecule has 0 spiro atoms. The van der Waals surface area contributed by atoms with Gasteiger partial charge in [-0.1, -0.05) is 42.5 Å². The minimum absolute atomic E-state index is 0.103. The molecule has 0 bridgehead atoms. The lowest BCUT2D eigenvalue weighted by Gasteiger charge is -2.18. The summed E-state index contributed by atoms with van der Waals surface area (Å²) in [4.78, 5) is 0. The van der Waals surface area contributed by atoms with E-state index < -0.39 is 0 Å². The molecule has 20 heavy (non-hydrogen) atoms. The van der Waals surface area contributed by atoms with E-state index in [2.05, 4.69) is 5.32 Å². The van der Waals surface area contributed by atoms with Gasteiger partial charge in [-0.05, 0) is 36.1 Å². The van der Waals surface area contributed by atoms with Crippen molar-refractivity contribution in [3.63, 3.8) is 0 Å². The lowest BCUT2D eigenvalue weighted by molar-refractivity contribution is 0.265. The first kappa shape index (κ1) is 14.7. The number of aliphatic hydroxyl groups is 1. The first-order valence-electron chi connectivity index (χ1n) is 6.85. The van der Waals surface area contributed by atoms with Crippen molar-refractivity contribution in [3.05, 3.63) is 71.0 Å². The van der Waals surface area contributed by atoms with Crippen LogP contribution in [0.25, 0.3) is 0 Å². The van der Waals surface area contributed by atoms with Gasteiger partial charge in [0.1, 0.15) is 5.82 Å². The van der Waals surface area contributed by atoms with Crippen molar-refractivity contribution in [2.75, 3.05) is 6.61 Å². The zero-order valence-corrected chi connectivity index (χ0v) is 11.6. The molecular weight excluding hydrogens is 253 g/mol. The SMILES string of the molecule is Cc1cc(CN[C@H](CCO)c2ccccc2)ccc1F. The van der Waals surface area contributed by atoms with E-state index >= 15 is 0 Å². The molecule has 3 heteroatoms. The normalized spacial score (nSPS) is 12.3. The molecule has 2 rings (SSSR count). The quantitative estimate of drug-likeness (QED) is 0.846. The van der Waals surface area contributed by atoms with Crippen LogP contribution >= 0.6 is 0 Å². The maximum Gasteiger partial charge on any atom is 0.126 e. The van der Waals surface area contributed by atoms with Crippen LogP contribution in [-0.2, 0) is 6.54 Å². The van der Waals surface area contributed by atoms with Gasteiger partial charge < -0.3 is 10.4 Å². The first-order chi connectivity index (χ1) is 9.70. The fraction of sp³-hybridized carbons (Fsp3) is 0.294. The van der Waals surface area contributed by atoms with Gasteiger partial charge in [0.15, 0.2) is 0 Å². The number of nitrogens with one attached hydrogen (secondary N) is 1. The highest BCUT2D eigenvalue weighted by Gasteiger charge is 2.10. The summed E-state index contributed by atoms with van der Waals surface area (Å²) in [5.41, 5.74) is 2.85. The van der Waals surface area contributed by atoms with Gasteiger partial charge in [0.25, 0.3) is 0 Å². The topological polar surface area (TPSA) is 32.3 Å². The van der Waals surface area contributed by atoms with Crippen LogP contribution in [0.1, 0.15) is 29.2 Å². The van der Waals surface area contributed by atoms with Gasteiger partial charge in [0, 0.05) is 19.2 Å². The smallest absolute Gasteiger partial charge is 0.126 e. The fourth-order valence-corrected chi connectivity index (χ4v) is 2.26. The van der Waals surface area contributed by atoms with E-state index in [1.165, 1.54) is 6.07 Å². The van der Waals surface area contributed by atoms with Crippen molar-refractivity contribution in [1.29, 1.82) is 0 Å². The molecule has 2 nitrogen and oxygen atoms in total. The monoisotopic (exact) mass is 273 g/mol. The summed E-state index contributed by atoms with van der Waals surface area (Å²) in [6.45, 7) is 2.55. The zero-order chi connectivity index (χ0) is 14.4. The van der Waals surface area contributed by atoms with Gasteiger partial charge in [-0.3, -0.25) is 0 Å². The third-order valence-corrected chi connectivity index (χ3v) is 3.39. The highest BCUT2D eigenvalue weighted by molar-refractivity contribution is 5.24. The van der Waals surface area contributed by atoms with Gasteiger partial charge >= 0.3 is 0 Å². The summed E-state index contributed by atoms with van der Waals surface area (Å²) in [5.74, 6) is -0.177. The van der Waals surface area contributed by atoms with Crippen molar-refractivity contribution in [2.45, 2.75) is 25.9 Å². The summed E-state index contributed by atoms with van der Waals surface area (Å²) in [6.07, 6.45) is 0.657. The minimum Gasteiger partial charge on any atom is -0.396 e. The molecule has 0 aliphatic rings. The molecule has 0 amide bonds. The van der Waals surface area contributed by atoms with E-state index in [4.69, 9.17) is 0 Å². The van der Waals surface area contributed by atoms with Crippen LogP contribution in [0.3, 0.4) is 0 Å². The zero-order valence-electron chi connectivity index (χ0n) is 11.6. The number of aliphatic hydroxyl groups excluding tert-OH is 1. The van der Waals surface area contributed by atoms with Crippen LogP contribution in [-0.4, -0.2) is 11.7 Å². The highest BCUT2D eigenvalue weighted by atomic mass is 19.1. The molecule has 0 fully saturated rings. The Morgan fingerprint density at radius 3 is 2.55 bits per heavy atom. The molecule has 0 saturated heterocycles. The predicted octanol–water partition coefficient (Wildman–Crippen LogP) is 3.35. The molecule has 0 aromatic heterocycles. The maximum absolute atomic E-state index is 13.2. The van der Waals surface area contributed by atoms with E-state index in [1.807, 2.05) is 36.4 Å². The van der Waals surface area contributed by atoms with Crippen molar-refractivity contribution in [2.24, 2.45) is 0 Å². The Morgan fingerprint density at radius 1 is 1.15 bits per heavy atom. The average molecular weight is 273 g/mol. The molecule has 1 atom stereocenters. The Hall–Kier alpha value is -1.71. The van der Waals surface area contributed by atoms with Gasteiger partial charge in [-0.25, -0.2) is 4.39 Å². The highest BCUT2D eigenvalue weighted by Crippen LogP contribution is 2.17. The van der Waals surface area contributed by atoms with Crippen LogP contribution in [0, 0.1) is 12.7 Å². The van der Waals surface area contributed by atoms with Crippen LogP contribution < -0.4 is 5.32 Å². The van der Waals surface area contributed by atoms with E-state index in [0.29, 0.717) is 18.5 Å². The van der Waals surface area contributed by atoms with Crippen molar-refractivity contribution in [1.82, 2.24) is 5.32 Å². The summed E-state index contributed by atoms with van der Waals surface area (Å²) < 4.78 is 13.2. The Morgan fingerprint density at radius 2 is 1.90 bits per heavy atom. The molecule has 2 N–H and O–H groups in total. The van der Waals surface area contributed by atoms with E-state index in [9.17, 15) is 9.50 Å². The summed E-state index contributed by atoms with van der Waals surface area (Å²) in [5, 5.41) is 12.6. The minimum atomic E-state index is -0.177. The molecule has 0 unspecified atom stereocenters. The molecule has 0 saturated carbocycles. The van der Waals surface area contributed by atoms with Gasteiger partial charge in [-0.2, -0.15) is 0 Å². The Balaban J connectivity index is 2.03. The van der Waals surface area contributed by atoms with E-state index in [0.717, 1.165) is 11.1 Å². The number of benzene rings is 2. The third kappa shape index (κ3) is 3.89. The standard InChI is InChI=1S/C17H20FNO/c1-13-11-14(7-8-16(13)18)12-19-17(9-10-20)15-5-3-2-4-6-15/h2-8,11,17,19-20H,9-10,12H2,1H3/t17-/m1/s1. The van der Waals surface area contributed by atoms with Crippen LogP contribution in [0.5, 0.6) is 0 Å². The largest absolute Gasteiger partial charge is 0.396 e. The molecule has 106 valence electrons. The van der Waals surface area contributed by atoms with Crippen LogP contribution in [0.2, 0.25) is 0 Å². The second-order valence-electron chi connectivity index (χ2n) is 4.94. The van der Waals surface area contributed by atoms with Crippen molar-refractivity contribution < 1.29 is 9.50 Å². The summed E-state index contributed by atoms with van der Waals surface area (Å²) >= 11 is 0. The van der Waals surface area contributed by atoms with Crippen LogP contribution in [0.15, 0.2) is 48.5 Å². The number of hydrogen-bond donors (Lipinski definition) is 2. The molecule has 0 radical (unpaired) electrons. The Kier molecular flexibility index (Phi) is 5.27. The fourth-order valence-electron chi connectivity index (χ4n) is 2.26. The summed E-state index contributed by atoms with van der Waals surface area (Å²) in [7, 11) is 0. The Labute approximate surface area is 119 Å². The number of aryl methyl sites for hydroxylation is 1. The van der Waals surface area contributed by atoms with E-state index in [1.54, 1.807) is 13.0 Å². The molecule has 2 aromatic rings. The second kappa shape index (κ2) is 7.17. The maximum atomic E-state index is 13.2. The van der Waals surface area contributed by atoms with Gasteiger partial charge in [-0.15, -0.1) is 0 Å². The third-order valence-electron chi connectivity index (χ3n) is 3.39. The number of rotatable bonds is 6. The van der Waals surface area contributed by atoms with E-state index in [-0.39, 0.29) is 18.5 Å². The average Bonchev–Trinajstić information content (AvgIpc) is 2.48. The summed E-state index contributed by atoms with van der Waals surface area (Å²) in [6, 6.07) is 15.3. The number of halogens is 1. The van der Waals surface area contributed by atoms with Crippen molar-refractivity contribution in [3.8, 4) is 0 Å². The Bertz CT molecular complexity index is 542. The number of hydrogen-bond acceptors (Lipinski definition) is 2. The molecule has 2 aromatic carbocycles. The molecule has 0 aliphatic carbocycles. The lowest BCUT2D eigenvalue weighted by atomic mass is 10.0.